The van der Waals surface area contributed by atoms with Crippen LogP contribution in [-0.2, 0) is 6.42 Å². The van der Waals surface area contributed by atoms with Gasteiger partial charge in [0, 0.05) is 17.0 Å². The molecule has 0 saturated heterocycles. The predicted molar refractivity (Wildman–Crippen MR) is 87.8 cm³/mol. The Morgan fingerprint density at radius 2 is 1.84 bits per heavy atom. The highest BCUT2D eigenvalue weighted by Gasteiger charge is 2.11. The van der Waals surface area contributed by atoms with Gasteiger partial charge in [-0.15, -0.1) is 11.3 Å². The molecule has 2 unspecified atom stereocenters. The highest BCUT2D eigenvalue weighted by atomic mass is 79.9. The number of benzene rings is 1. The van der Waals surface area contributed by atoms with Crippen molar-refractivity contribution in [1.29, 1.82) is 0 Å². The average Bonchev–Trinajstić information content (AvgIpc) is 2.84. The van der Waals surface area contributed by atoms with Gasteiger partial charge in [-0.2, -0.15) is 0 Å². The SMILES string of the molecule is CC(CCc1ccccc1)NC(C)c1ccc(Br)s1. The fourth-order valence-electron chi connectivity index (χ4n) is 2.18. The van der Waals surface area contributed by atoms with E-state index in [4.69, 9.17) is 0 Å². The topological polar surface area (TPSA) is 12.0 Å². The fraction of sp³-hybridized carbons (Fsp3) is 0.375. The average molecular weight is 338 g/mol. The number of nitrogens with one attached hydrogen (secondary N) is 1. The standard InChI is InChI=1S/C16H20BrNS/c1-12(8-9-14-6-4-3-5-7-14)18-13(2)15-10-11-16(17)19-15/h3-7,10-13,18H,8-9H2,1-2H3. The molecule has 0 aliphatic rings. The molecule has 0 radical (unpaired) electrons. The lowest BCUT2D eigenvalue weighted by Gasteiger charge is -2.19. The Bertz CT molecular complexity index is 494. The van der Waals surface area contributed by atoms with Crippen LogP contribution in [0.25, 0.3) is 0 Å². The minimum Gasteiger partial charge on any atom is -0.307 e. The summed E-state index contributed by atoms with van der Waals surface area (Å²) in [7, 11) is 0. The quantitative estimate of drug-likeness (QED) is 0.765. The van der Waals surface area contributed by atoms with Crippen molar-refractivity contribution >= 4 is 27.3 Å². The molecule has 1 aromatic carbocycles. The highest BCUT2D eigenvalue weighted by molar-refractivity contribution is 9.11. The number of aryl methyl sites for hydroxylation is 1. The summed E-state index contributed by atoms with van der Waals surface area (Å²) >= 11 is 5.33. The summed E-state index contributed by atoms with van der Waals surface area (Å²) in [4.78, 5) is 1.39. The first-order valence-corrected chi connectivity index (χ1v) is 8.31. The van der Waals surface area contributed by atoms with Gasteiger partial charge in [-0.3, -0.25) is 0 Å². The van der Waals surface area contributed by atoms with E-state index in [2.05, 4.69) is 77.6 Å². The van der Waals surface area contributed by atoms with Crippen molar-refractivity contribution in [3.05, 3.63) is 56.7 Å². The molecular weight excluding hydrogens is 318 g/mol. The monoisotopic (exact) mass is 337 g/mol. The van der Waals surface area contributed by atoms with E-state index in [0.29, 0.717) is 12.1 Å². The summed E-state index contributed by atoms with van der Waals surface area (Å²) in [5, 5.41) is 3.67. The zero-order valence-corrected chi connectivity index (χ0v) is 13.8. The van der Waals surface area contributed by atoms with Gasteiger partial charge in [0.2, 0.25) is 0 Å². The van der Waals surface area contributed by atoms with Crippen molar-refractivity contribution in [2.24, 2.45) is 0 Å². The van der Waals surface area contributed by atoms with Crippen LogP contribution in [0.3, 0.4) is 0 Å². The van der Waals surface area contributed by atoms with Gasteiger partial charge in [0.1, 0.15) is 0 Å². The number of thiophene rings is 1. The van der Waals surface area contributed by atoms with Crippen molar-refractivity contribution < 1.29 is 0 Å². The first-order valence-electron chi connectivity index (χ1n) is 6.70. The number of halogens is 1. The third kappa shape index (κ3) is 4.75. The van der Waals surface area contributed by atoms with Gasteiger partial charge in [0.15, 0.2) is 0 Å². The zero-order chi connectivity index (χ0) is 13.7. The summed E-state index contributed by atoms with van der Waals surface area (Å²) in [5.41, 5.74) is 1.42. The Labute approximate surface area is 128 Å². The van der Waals surface area contributed by atoms with Crippen LogP contribution >= 0.6 is 27.3 Å². The molecule has 102 valence electrons. The van der Waals surface area contributed by atoms with Crippen LogP contribution in [-0.4, -0.2) is 6.04 Å². The maximum Gasteiger partial charge on any atom is 0.0701 e. The van der Waals surface area contributed by atoms with E-state index in [0.717, 1.165) is 6.42 Å². The Morgan fingerprint density at radius 1 is 1.11 bits per heavy atom. The van der Waals surface area contributed by atoms with Crippen LogP contribution in [0.1, 0.15) is 36.8 Å². The van der Waals surface area contributed by atoms with Gasteiger partial charge < -0.3 is 5.32 Å². The minimum absolute atomic E-state index is 0.419. The van der Waals surface area contributed by atoms with Crippen LogP contribution in [0.15, 0.2) is 46.3 Å². The van der Waals surface area contributed by atoms with E-state index in [-0.39, 0.29) is 0 Å². The molecule has 1 aromatic heterocycles. The lowest BCUT2D eigenvalue weighted by molar-refractivity contribution is 0.460. The maximum atomic E-state index is 3.67. The number of hydrogen-bond donors (Lipinski definition) is 1. The third-order valence-corrected chi connectivity index (χ3v) is 5.07. The van der Waals surface area contributed by atoms with Gasteiger partial charge in [-0.1, -0.05) is 30.3 Å². The van der Waals surface area contributed by atoms with Crippen molar-refractivity contribution in [1.82, 2.24) is 5.32 Å². The molecule has 2 aromatic rings. The Kier molecular flexibility index (Phi) is 5.61. The zero-order valence-electron chi connectivity index (χ0n) is 11.4. The van der Waals surface area contributed by atoms with Gasteiger partial charge in [0.25, 0.3) is 0 Å². The highest BCUT2D eigenvalue weighted by Crippen LogP contribution is 2.27. The molecule has 0 amide bonds. The molecule has 0 aliphatic heterocycles. The number of hydrogen-bond acceptors (Lipinski definition) is 2. The van der Waals surface area contributed by atoms with E-state index < -0.39 is 0 Å². The predicted octanol–water partition coefficient (Wildman–Crippen LogP) is 5.18. The second kappa shape index (κ2) is 7.22. The molecule has 19 heavy (non-hydrogen) atoms. The van der Waals surface area contributed by atoms with Crippen molar-refractivity contribution in [2.75, 3.05) is 0 Å². The fourth-order valence-corrected chi connectivity index (χ4v) is 3.62. The van der Waals surface area contributed by atoms with Gasteiger partial charge >= 0.3 is 0 Å². The summed E-state index contributed by atoms with van der Waals surface area (Å²) in [6, 6.07) is 15.9. The van der Waals surface area contributed by atoms with E-state index in [1.165, 1.54) is 20.6 Å². The Balaban J connectivity index is 1.79. The van der Waals surface area contributed by atoms with Crippen LogP contribution in [0.4, 0.5) is 0 Å². The number of rotatable bonds is 6. The van der Waals surface area contributed by atoms with E-state index in [9.17, 15) is 0 Å². The van der Waals surface area contributed by atoms with Gasteiger partial charge in [0.05, 0.1) is 3.79 Å². The van der Waals surface area contributed by atoms with Crippen LogP contribution in [0.5, 0.6) is 0 Å². The summed E-state index contributed by atoms with van der Waals surface area (Å²) < 4.78 is 1.20. The second-order valence-electron chi connectivity index (χ2n) is 4.96. The Hall–Kier alpha value is -0.640. The maximum absolute atomic E-state index is 3.67. The van der Waals surface area contributed by atoms with E-state index in [1.54, 1.807) is 11.3 Å². The smallest absolute Gasteiger partial charge is 0.0701 e. The molecule has 1 heterocycles. The largest absolute Gasteiger partial charge is 0.307 e. The van der Waals surface area contributed by atoms with Crippen molar-refractivity contribution in [2.45, 2.75) is 38.8 Å². The van der Waals surface area contributed by atoms with Crippen LogP contribution in [0, 0.1) is 0 Å². The molecule has 1 N–H and O–H groups in total. The first-order chi connectivity index (χ1) is 9.15. The first kappa shape index (κ1) is 14.8. The summed E-state index contributed by atoms with van der Waals surface area (Å²) in [6.07, 6.45) is 2.30. The summed E-state index contributed by atoms with van der Waals surface area (Å²) in [5.74, 6) is 0. The Morgan fingerprint density at radius 3 is 2.47 bits per heavy atom. The molecule has 0 bridgehead atoms. The van der Waals surface area contributed by atoms with Crippen molar-refractivity contribution in [3.63, 3.8) is 0 Å². The van der Waals surface area contributed by atoms with E-state index >= 15 is 0 Å². The summed E-state index contributed by atoms with van der Waals surface area (Å²) in [6.45, 7) is 4.50. The molecule has 0 fully saturated rings. The normalized spacial score (nSPS) is 14.3. The molecule has 2 rings (SSSR count). The molecule has 0 aliphatic carbocycles. The molecule has 1 nitrogen and oxygen atoms in total. The minimum atomic E-state index is 0.419. The molecule has 0 spiro atoms. The van der Waals surface area contributed by atoms with Crippen LogP contribution < -0.4 is 5.32 Å². The molecule has 0 saturated carbocycles. The molecule has 2 atom stereocenters. The van der Waals surface area contributed by atoms with E-state index in [1.807, 2.05) is 0 Å². The molecule has 3 heteroatoms. The van der Waals surface area contributed by atoms with Crippen LogP contribution in [0.2, 0.25) is 0 Å². The lowest BCUT2D eigenvalue weighted by Crippen LogP contribution is -2.28. The molecular formula is C16H20BrNS. The lowest BCUT2D eigenvalue weighted by atomic mass is 10.1. The van der Waals surface area contributed by atoms with Gasteiger partial charge in [-0.25, -0.2) is 0 Å². The second-order valence-corrected chi connectivity index (χ2v) is 7.45. The third-order valence-electron chi connectivity index (χ3n) is 3.26. The van der Waals surface area contributed by atoms with Crippen molar-refractivity contribution in [3.8, 4) is 0 Å². The van der Waals surface area contributed by atoms with Gasteiger partial charge in [-0.05, 0) is 60.3 Å².